The smallest absolute Gasteiger partial charge is 0.223 e. The summed E-state index contributed by atoms with van der Waals surface area (Å²) in [4.78, 5) is 26.1. The van der Waals surface area contributed by atoms with Crippen molar-refractivity contribution in [1.29, 1.82) is 0 Å². The van der Waals surface area contributed by atoms with Crippen LogP contribution in [0.2, 0.25) is 0 Å². The van der Waals surface area contributed by atoms with Gasteiger partial charge in [0.1, 0.15) is 0 Å². The van der Waals surface area contributed by atoms with E-state index in [0.29, 0.717) is 31.0 Å². The molecule has 6 heteroatoms. The van der Waals surface area contributed by atoms with E-state index in [1.165, 1.54) is 6.92 Å². The van der Waals surface area contributed by atoms with Crippen molar-refractivity contribution in [3.05, 3.63) is 53.6 Å². The molecule has 0 aliphatic rings. The van der Waals surface area contributed by atoms with Crippen molar-refractivity contribution in [1.82, 2.24) is 5.32 Å². The molecule has 1 N–H and O–H groups in total. The third-order valence-corrected chi connectivity index (χ3v) is 4.79. The van der Waals surface area contributed by atoms with Gasteiger partial charge in [0.05, 0.1) is 14.2 Å². The topological polar surface area (TPSA) is 67.9 Å². The van der Waals surface area contributed by atoms with Crippen LogP contribution >= 0.6 is 0 Å². The molecule has 0 aliphatic carbocycles. The SMILES string of the molecule is CCc1ccccc1N(CCC(=O)NCCc1ccc(OC)c(OC)c1)C(C)=O. The molecule has 2 rings (SSSR count). The summed E-state index contributed by atoms with van der Waals surface area (Å²) < 4.78 is 10.5. The summed E-state index contributed by atoms with van der Waals surface area (Å²) in [6.45, 7) is 4.45. The molecular weight excluding hydrogens is 368 g/mol. The first-order valence-electron chi connectivity index (χ1n) is 9.83. The van der Waals surface area contributed by atoms with Gasteiger partial charge in [0, 0.05) is 32.1 Å². The number of hydrogen-bond acceptors (Lipinski definition) is 4. The molecule has 0 saturated carbocycles. The van der Waals surface area contributed by atoms with Gasteiger partial charge < -0.3 is 19.7 Å². The fraction of sp³-hybridized carbons (Fsp3) is 0.391. The second kappa shape index (κ2) is 11.1. The molecule has 0 radical (unpaired) electrons. The molecule has 2 aromatic rings. The Balaban J connectivity index is 1.88. The Hall–Kier alpha value is -3.02. The predicted molar refractivity (Wildman–Crippen MR) is 115 cm³/mol. The van der Waals surface area contributed by atoms with E-state index in [1.54, 1.807) is 19.1 Å². The van der Waals surface area contributed by atoms with Crippen LogP contribution in [0.1, 0.15) is 31.4 Å². The Morgan fingerprint density at radius 3 is 2.41 bits per heavy atom. The summed E-state index contributed by atoms with van der Waals surface area (Å²) in [6.07, 6.45) is 1.77. The van der Waals surface area contributed by atoms with Gasteiger partial charge in [-0.2, -0.15) is 0 Å². The molecular formula is C23H30N2O4. The van der Waals surface area contributed by atoms with Gasteiger partial charge >= 0.3 is 0 Å². The van der Waals surface area contributed by atoms with Crippen molar-refractivity contribution >= 4 is 17.5 Å². The van der Waals surface area contributed by atoms with E-state index in [9.17, 15) is 9.59 Å². The molecule has 29 heavy (non-hydrogen) atoms. The van der Waals surface area contributed by atoms with Crippen molar-refractivity contribution in [2.45, 2.75) is 33.1 Å². The number of nitrogens with one attached hydrogen (secondary N) is 1. The van der Waals surface area contributed by atoms with Gasteiger partial charge in [-0.3, -0.25) is 9.59 Å². The molecule has 0 aromatic heterocycles. The van der Waals surface area contributed by atoms with Gasteiger partial charge in [0.2, 0.25) is 11.8 Å². The first-order chi connectivity index (χ1) is 14.0. The molecule has 2 amide bonds. The second-order valence-electron chi connectivity index (χ2n) is 6.69. The van der Waals surface area contributed by atoms with E-state index in [2.05, 4.69) is 12.2 Å². The molecule has 2 aromatic carbocycles. The lowest BCUT2D eigenvalue weighted by Gasteiger charge is -2.23. The Morgan fingerprint density at radius 1 is 1.03 bits per heavy atom. The molecule has 0 saturated heterocycles. The minimum absolute atomic E-state index is 0.0657. The Labute approximate surface area is 172 Å². The molecule has 0 aliphatic heterocycles. The largest absolute Gasteiger partial charge is 0.493 e. The fourth-order valence-corrected chi connectivity index (χ4v) is 3.20. The number of carbonyl (C=O) groups is 2. The third kappa shape index (κ3) is 6.24. The van der Waals surface area contributed by atoms with Crippen molar-refractivity contribution in [2.24, 2.45) is 0 Å². The molecule has 0 spiro atoms. The number of rotatable bonds is 10. The maximum atomic E-state index is 12.3. The average Bonchev–Trinajstić information content (AvgIpc) is 2.73. The van der Waals surface area contributed by atoms with E-state index in [-0.39, 0.29) is 18.2 Å². The summed E-state index contributed by atoms with van der Waals surface area (Å²) in [5.41, 5.74) is 3.02. The molecule has 0 unspecified atom stereocenters. The lowest BCUT2D eigenvalue weighted by molar-refractivity contribution is -0.121. The van der Waals surface area contributed by atoms with Gasteiger partial charge in [-0.1, -0.05) is 31.2 Å². The van der Waals surface area contributed by atoms with Crippen LogP contribution in [0.4, 0.5) is 5.69 Å². The summed E-state index contributed by atoms with van der Waals surface area (Å²) in [6, 6.07) is 13.5. The van der Waals surface area contributed by atoms with Crippen molar-refractivity contribution < 1.29 is 19.1 Å². The Kier molecular flexibility index (Phi) is 8.52. The van der Waals surface area contributed by atoms with Crippen LogP contribution in [0.3, 0.4) is 0 Å². The number of aryl methyl sites for hydroxylation is 1. The average molecular weight is 399 g/mol. The Morgan fingerprint density at radius 2 is 1.76 bits per heavy atom. The zero-order chi connectivity index (χ0) is 21.2. The second-order valence-corrected chi connectivity index (χ2v) is 6.69. The van der Waals surface area contributed by atoms with Gasteiger partial charge in [-0.05, 0) is 42.2 Å². The molecule has 0 heterocycles. The molecule has 0 bridgehead atoms. The first-order valence-corrected chi connectivity index (χ1v) is 9.83. The highest BCUT2D eigenvalue weighted by atomic mass is 16.5. The minimum atomic E-state index is -0.0780. The van der Waals surface area contributed by atoms with Gasteiger partial charge in [0.15, 0.2) is 11.5 Å². The first kappa shape index (κ1) is 22.3. The Bertz CT molecular complexity index is 835. The summed E-state index contributed by atoms with van der Waals surface area (Å²) >= 11 is 0. The van der Waals surface area contributed by atoms with Crippen LogP contribution in [0.5, 0.6) is 11.5 Å². The number of methoxy groups -OCH3 is 2. The van der Waals surface area contributed by atoms with Crippen LogP contribution in [0.25, 0.3) is 0 Å². The maximum absolute atomic E-state index is 12.3. The van der Waals surface area contributed by atoms with E-state index in [1.807, 2.05) is 42.5 Å². The third-order valence-electron chi connectivity index (χ3n) is 4.79. The maximum Gasteiger partial charge on any atom is 0.223 e. The van der Waals surface area contributed by atoms with Crippen molar-refractivity contribution in [3.63, 3.8) is 0 Å². The van der Waals surface area contributed by atoms with Gasteiger partial charge in [-0.15, -0.1) is 0 Å². The summed E-state index contributed by atoms with van der Waals surface area (Å²) in [5.74, 6) is 1.20. The predicted octanol–water partition coefficient (Wildman–Crippen LogP) is 3.37. The van der Waals surface area contributed by atoms with E-state index in [4.69, 9.17) is 9.47 Å². The van der Waals surface area contributed by atoms with Crippen LogP contribution in [0.15, 0.2) is 42.5 Å². The van der Waals surface area contributed by atoms with Crippen LogP contribution in [-0.4, -0.2) is 39.1 Å². The number of ether oxygens (including phenoxy) is 2. The van der Waals surface area contributed by atoms with Gasteiger partial charge in [-0.25, -0.2) is 0 Å². The standard InChI is InChI=1S/C23H30N2O4/c1-5-19-8-6-7-9-20(19)25(17(2)26)15-13-23(27)24-14-12-18-10-11-21(28-3)22(16-18)29-4/h6-11,16H,5,12-15H2,1-4H3,(H,24,27). The van der Waals surface area contributed by atoms with Crippen LogP contribution in [0, 0.1) is 0 Å². The summed E-state index contributed by atoms with van der Waals surface area (Å²) in [7, 11) is 3.20. The highest BCUT2D eigenvalue weighted by Gasteiger charge is 2.15. The summed E-state index contributed by atoms with van der Waals surface area (Å²) in [5, 5.41) is 2.92. The fourth-order valence-electron chi connectivity index (χ4n) is 3.20. The minimum Gasteiger partial charge on any atom is -0.493 e. The van der Waals surface area contributed by atoms with Gasteiger partial charge in [0.25, 0.3) is 0 Å². The number of anilines is 1. The molecule has 0 fully saturated rings. The lowest BCUT2D eigenvalue weighted by Crippen LogP contribution is -2.35. The number of nitrogens with zero attached hydrogens (tertiary/aromatic N) is 1. The van der Waals surface area contributed by atoms with E-state index in [0.717, 1.165) is 23.2 Å². The quantitative estimate of drug-likeness (QED) is 0.666. The number of para-hydroxylation sites is 1. The van der Waals surface area contributed by atoms with Crippen molar-refractivity contribution in [3.8, 4) is 11.5 Å². The van der Waals surface area contributed by atoms with E-state index >= 15 is 0 Å². The molecule has 156 valence electrons. The molecule has 6 nitrogen and oxygen atoms in total. The highest BCUT2D eigenvalue weighted by Crippen LogP contribution is 2.27. The van der Waals surface area contributed by atoms with Crippen molar-refractivity contribution in [2.75, 3.05) is 32.2 Å². The normalized spacial score (nSPS) is 10.3. The number of benzene rings is 2. The zero-order valence-corrected chi connectivity index (χ0v) is 17.7. The molecule has 0 atom stereocenters. The number of amides is 2. The van der Waals surface area contributed by atoms with E-state index < -0.39 is 0 Å². The monoisotopic (exact) mass is 398 g/mol. The highest BCUT2D eigenvalue weighted by molar-refractivity contribution is 5.93. The number of hydrogen-bond donors (Lipinski definition) is 1. The van der Waals surface area contributed by atoms with Crippen LogP contribution < -0.4 is 19.7 Å². The van der Waals surface area contributed by atoms with Crippen LogP contribution in [-0.2, 0) is 22.4 Å². The number of carbonyl (C=O) groups excluding carboxylic acids is 2. The lowest BCUT2D eigenvalue weighted by atomic mass is 10.1. The zero-order valence-electron chi connectivity index (χ0n) is 17.7.